The first-order chi connectivity index (χ1) is 18.9. The Morgan fingerprint density at radius 3 is 2.25 bits per heavy atom. The molecule has 0 aliphatic carbocycles. The van der Waals surface area contributed by atoms with Crippen molar-refractivity contribution < 1.29 is 37.7 Å². The molecule has 1 unspecified atom stereocenters. The molecule has 2 aromatic carbocycles. The van der Waals surface area contributed by atoms with Gasteiger partial charge < -0.3 is 24.7 Å². The molecule has 9 nitrogen and oxygen atoms in total. The molecule has 2 N–H and O–H groups in total. The van der Waals surface area contributed by atoms with Crippen LogP contribution in [0.3, 0.4) is 0 Å². The molecule has 0 bridgehead atoms. The van der Waals surface area contributed by atoms with Crippen LogP contribution in [0, 0.1) is 5.82 Å². The van der Waals surface area contributed by atoms with E-state index in [9.17, 15) is 18.8 Å². The Kier molecular flexibility index (Phi) is 10.0. The van der Waals surface area contributed by atoms with Gasteiger partial charge in [-0.05, 0) is 85.6 Å². The zero-order chi connectivity index (χ0) is 29.5. The predicted molar refractivity (Wildman–Crippen MR) is 149 cm³/mol. The number of benzene rings is 2. The summed E-state index contributed by atoms with van der Waals surface area (Å²) < 4.78 is 35.0. The van der Waals surface area contributed by atoms with Crippen LogP contribution in [0.2, 0.25) is 0 Å². The number of esters is 1. The number of amides is 1. The summed E-state index contributed by atoms with van der Waals surface area (Å²) in [6.07, 6.45) is -1.45. The predicted octanol–water partition coefficient (Wildman–Crippen LogP) is 5.67. The summed E-state index contributed by atoms with van der Waals surface area (Å²) in [7, 11) is 2.66. The minimum Gasteiger partial charge on any atom is -0.469 e. The quantitative estimate of drug-likeness (QED) is 0.178. The molecule has 0 spiro atoms. The molecule has 11 heteroatoms. The summed E-state index contributed by atoms with van der Waals surface area (Å²) in [4.78, 5) is 39.6. The largest absolute Gasteiger partial charge is 0.469 e. The van der Waals surface area contributed by atoms with Crippen LogP contribution >= 0.6 is 11.3 Å². The molecule has 0 fully saturated rings. The van der Waals surface area contributed by atoms with Gasteiger partial charge in [0.2, 0.25) is 0 Å². The highest BCUT2D eigenvalue weighted by Crippen LogP contribution is 2.41. The van der Waals surface area contributed by atoms with Crippen LogP contribution < -0.4 is 15.4 Å². The number of hydrogen-bond acceptors (Lipinski definition) is 9. The number of hydrogen-bond donors (Lipinski definition) is 1. The van der Waals surface area contributed by atoms with Crippen LogP contribution in [0.4, 0.5) is 20.6 Å². The summed E-state index contributed by atoms with van der Waals surface area (Å²) in [5.41, 5.74) is 6.34. The van der Waals surface area contributed by atoms with E-state index >= 15 is 0 Å². The van der Waals surface area contributed by atoms with Crippen molar-refractivity contribution in [3.63, 3.8) is 0 Å². The third kappa shape index (κ3) is 7.65. The lowest BCUT2D eigenvalue weighted by Crippen LogP contribution is -2.41. The summed E-state index contributed by atoms with van der Waals surface area (Å²) in [5, 5.41) is 3.61. The normalized spacial score (nSPS) is 12.8. The number of rotatable bonds is 11. The van der Waals surface area contributed by atoms with Gasteiger partial charge in [-0.15, -0.1) is 0 Å². The topological polar surface area (TPSA) is 117 Å². The van der Waals surface area contributed by atoms with Crippen LogP contribution in [0.25, 0.3) is 0 Å². The number of nitrogens with two attached hydrogens (primary N) is 1. The number of carbonyl (C=O) groups excluding carboxylic acids is 3. The zero-order valence-corrected chi connectivity index (χ0v) is 23.9. The second kappa shape index (κ2) is 13.0. The number of Topliss-reactive ketones (excluding diaryl/α,β-unsaturated/α-hetero) is 1. The fourth-order valence-corrected chi connectivity index (χ4v) is 4.73. The monoisotopic (exact) mass is 572 g/mol. The molecule has 1 heterocycles. The Balaban J connectivity index is 2.22. The first-order valence-electron chi connectivity index (χ1n) is 12.3. The highest BCUT2D eigenvalue weighted by molar-refractivity contribution is 7.08. The van der Waals surface area contributed by atoms with Crippen molar-refractivity contribution in [1.82, 2.24) is 0 Å². The van der Waals surface area contributed by atoms with Crippen LogP contribution in [0.5, 0.6) is 5.75 Å². The van der Waals surface area contributed by atoms with Gasteiger partial charge in [0.25, 0.3) is 0 Å². The number of nitrogens with zero attached hydrogens (tertiary/aromatic N) is 1. The first kappa shape index (κ1) is 30.7. The zero-order valence-electron chi connectivity index (χ0n) is 23.1. The van der Waals surface area contributed by atoms with Crippen LogP contribution in [0.15, 0.2) is 59.3 Å². The summed E-state index contributed by atoms with van der Waals surface area (Å²) in [6.45, 7) is 5.08. The van der Waals surface area contributed by atoms with Crippen LogP contribution in [-0.2, 0) is 29.3 Å². The molecule has 0 aliphatic rings. The molecule has 3 aromatic rings. The van der Waals surface area contributed by atoms with E-state index in [4.69, 9.17) is 19.9 Å². The number of ketones is 1. The van der Waals surface area contributed by atoms with Gasteiger partial charge >= 0.3 is 12.1 Å². The van der Waals surface area contributed by atoms with Gasteiger partial charge in [0, 0.05) is 19.1 Å². The number of carbonyl (C=O) groups is 3. The SMILES string of the molecule is COCOc1ccc(N(C(=O)OC(C)(C)C)c2ccc(F)cc2)cc1C(N)(CC(=O)CC(=O)OC)c1ccsc1. The number of ether oxygens (including phenoxy) is 4. The maximum atomic E-state index is 13.8. The van der Waals surface area contributed by atoms with E-state index in [2.05, 4.69) is 4.74 Å². The summed E-state index contributed by atoms with van der Waals surface area (Å²) in [5.74, 6) is -1.31. The Bertz CT molecular complexity index is 1320. The van der Waals surface area contributed by atoms with Gasteiger partial charge in [0.1, 0.15) is 29.4 Å². The smallest absolute Gasteiger partial charge is 0.419 e. The lowest BCUT2D eigenvalue weighted by atomic mass is 9.80. The molecule has 0 aliphatic heterocycles. The van der Waals surface area contributed by atoms with E-state index in [0.717, 1.165) is 0 Å². The van der Waals surface area contributed by atoms with Crippen molar-refractivity contribution in [3.05, 3.63) is 76.2 Å². The van der Waals surface area contributed by atoms with Crippen LogP contribution in [0.1, 0.15) is 44.7 Å². The Labute approximate surface area is 236 Å². The molecule has 0 saturated heterocycles. The van der Waals surface area contributed by atoms with E-state index in [-0.39, 0.29) is 13.2 Å². The number of halogens is 1. The van der Waals surface area contributed by atoms with Crippen molar-refractivity contribution in [3.8, 4) is 5.75 Å². The Hall–Kier alpha value is -3.80. The molecular formula is C29H33FN2O7S. The van der Waals surface area contributed by atoms with Gasteiger partial charge in [0.05, 0.1) is 24.0 Å². The van der Waals surface area contributed by atoms with Gasteiger partial charge in [0.15, 0.2) is 6.79 Å². The molecule has 0 radical (unpaired) electrons. The molecule has 0 saturated carbocycles. The van der Waals surface area contributed by atoms with Gasteiger partial charge in [-0.3, -0.25) is 9.59 Å². The van der Waals surface area contributed by atoms with Gasteiger partial charge in [-0.1, -0.05) is 0 Å². The van der Waals surface area contributed by atoms with Crippen molar-refractivity contribution in [2.45, 2.75) is 44.8 Å². The second-order valence-electron chi connectivity index (χ2n) is 9.98. The van der Waals surface area contributed by atoms with E-state index < -0.39 is 41.2 Å². The summed E-state index contributed by atoms with van der Waals surface area (Å²) >= 11 is 1.38. The lowest BCUT2D eigenvalue weighted by Gasteiger charge is -2.33. The summed E-state index contributed by atoms with van der Waals surface area (Å²) in [6, 6.07) is 12.0. The standard InChI is InChI=1S/C29H33FN2O7S/c1-28(2,3)39-27(35)32(21-8-6-20(30)7-9-21)22-10-11-25(38-18-36-4)24(14-22)29(31,19-12-13-40-17-19)16-23(33)15-26(34)37-5/h6-14,17H,15-16,18,31H2,1-5H3. The van der Waals surface area contributed by atoms with Crippen molar-refractivity contribution in [2.24, 2.45) is 5.73 Å². The van der Waals surface area contributed by atoms with Gasteiger partial charge in [-0.25, -0.2) is 14.1 Å². The maximum absolute atomic E-state index is 13.8. The molecule has 1 aromatic heterocycles. The molecule has 3 rings (SSSR count). The molecule has 40 heavy (non-hydrogen) atoms. The maximum Gasteiger partial charge on any atom is 0.419 e. The van der Waals surface area contributed by atoms with Crippen LogP contribution in [-0.4, -0.2) is 44.5 Å². The molecular weight excluding hydrogens is 539 g/mol. The molecule has 1 amide bonds. The highest BCUT2D eigenvalue weighted by Gasteiger charge is 2.37. The highest BCUT2D eigenvalue weighted by atomic mass is 32.1. The third-order valence-electron chi connectivity index (χ3n) is 5.78. The molecule has 1 atom stereocenters. The van der Waals surface area contributed by atoms with E-state index in [1.807, 2.05) is 5.38 Å². The van der Waals surface area contributed by atoms with E-state index in [1.54, 1.807) is 50.4 Å². The van der Waals surface area contributed by atoms with Crippen molar-refractivity contribution in [2.75, 3.05) is 25.9 Å². The fraction of sp³-hybridized carbons (Fsp3) is 0.345. The number of anilines is 2. The number of thiophene rings is 1. The average molecular weight is 573 g/mol. The minimum atomic E-state index is -1.47. The van der Waals surface area contributed by atoms with Crippen molar-refractivity contribution in [1.29, 1.82) is 0 Å². The number of methoxy groups -OCH3 is 2. The Morgan fingerprint density at radius 1 is 1.00 bits per heavy atom. The average Bonchev–Trinajstić information content (AvgIpc) is 3.44. The van der Waals surface area contributed by atoms with Crippen molar-refractivity contribution >= 4 is 40.6 Å². The fourth-order valence-electron chi connectivity index (χ4n) is 3.99. The first-order valence-corrected chi connectivity index (χ1v) is 13.3. The second-order valence-corrected chi connectivity index (χ2v) is 10.8. The van der Waals surface area contributed by atoms with E-state index in [0.29, 0.717) is 28.3 Å². The minimum absolute atomic E-state index is 0.115. The van der Waals surface area contributed by atoms with E-state index in [1.165, 1.54) is 54.7 Å². The lowest BCUT2D eigenvalue weighted by molar-refractivity contribution is -0.143. The third-order valence-corrected chi connectivity index (χ3v) is 6.46. The van der Waals surface area contributed by atoms with Gasteiger partial charge in [-0.2, -0.15) is 11.3 Å². The Morgan fingerprint density at radius 2 is 1.68 bits per heavy atom. The molecule has 214 valence electrons.